The van der Waals surface area contributed by atoms with Crippen LogP contribution in [0.4, 0.5) is 0 Å². The highest BCUT2D eigenvalue weighted by atomic mass is 16.5. The molecule has 1 amide bonds. The Morgan fingerprint density at radius 2 is 1.80 bits per heavy atom. The number of nitrogens with zero attached hydrogens (tertiary/aromatic N) is 2. The molecular formula is C23H17N3O4. The van der Waals surface area contributed by atoms with Crippen LogP contribution in [0.3, 0.4) is 0 Å². The first-order valence-corrected chi connectivity index (χ1v) is 9.28. The van der Waals surface area contributed by atoms with Crippen LogP contribution in [0.25, 0.3) is 0 Å². The first-order chi connectivity index (χ1) is 14.6. The first kappa shape index (κ1) is 19.2. The summed E-state index contributed by atoms with van der Waals surface area (Å²) in [6, 6.07) is 15.7. The molecule has 0 bridgehead atoms. The predicted molar refractivity (Wildman–Crippen MR) is 107 cm³/mol. The van der Waals surface area contributed by atoms with Crippen molar-refractivity contribution in [3.05, 3.63) is 88.7 Å². The van der Waals surface area contributed by atoms with Gasteiger partial charge in [-0.2, -0.15) is 5.26 Å². The fraction of sp³-hybridized carbons (Fsp3) is 0.130. The number of amides is 1. The zero-order valence-electron chi connectivity index (χ0n) is 15.9. The van der Waals surface area contributed by atoms with Crippen LogP contribution in [0, 0.1) is 11.3 Å². The number of benzene rings is 2. The van der Waals surface area contributed by atoms with E-state index in [0.29, 0.717) is 16.9 Å². The highest BCUT2D eigenvalue weighted by molar-refractivity contribution is 6.00. The molecule has 7 heteroatoms. The van der Waals surface area contributed by atoms with Gasteiger partial charge in [0.15, 0.2) is 11.5 Å². The second-order valence-corrected chi connectivity index (χ2v) is 6.71. The maximum absolute atomic E-state index is 12.1. The lowest BCUT2D eigenvalue weighted by Gasteiger charge is -2.23. The second-order valence-electron chi connectivity index (χ2n) is 6.71. The van der Waals surface area contributed by atoms with Crippen LogP contribution in [0.5, 0.6) is 11.5 Å². The summed E-state index contributed by atoms with van der Waals surface area (Å²) in [6.07, 6.45) is 2.98. The third-order valence-corrected chi connectivity index (χ3v) is 4.86. The number of fused-ring (bicyclic) bond motifs is 1. The lowest BCUT2D eigenvalue weighted by Crippen LogP contribution is -2.17. The van der Waals surface area contributed by atoms with Crippen molar-refractivity contribution in [1.29, 1.82) is 5.26 Å². The molecule has 1 aliphatic rings. The molecule has 3 aromatic rings. The maximum Gasteiger partial charge on any atom is 0.248 e. The van der Waals surface area contributed by atoms with E-state index in [2.05, 4.69) is 11.1 Å². The maximum atomic E-state index is 12.1. The predicted octanol–water partition coefficient (Wildman–Crippen LogP) is 3.19. The summed E-state index contributed by atoms with van der Waals surface area (Å²) in [5.41, 5.74) is 7.83. The SMILES string of the molecule is N#Cc1c(O[C@H](c2ccncc2)c2ccc(C(N)=O)cc2)ccc2c1OCCC2=O. The van der Waals surface area contributed by atoms with Crippen molar-refractivity contribution in [2.75, 3.05) is 6.61 Å². The van der Waals surface area contributed by atoms with Crippen molar-refractivity contribution in [3.8, 4) is 17.6 Å². The number of nitriles is 1. The van der Waals surface area contributed by atoms with Gasteiger partial charge in [0.05, 0.1) is 12.2 Å². The summed E-state index contributed by atoms with van der Waals surface area (Å²) in [5, 5.41) is 9.73. The van der Waals surface area contributed by atoms with E-state index in [1.54, 1.807) is 60.9 Å². The molecule has 0 saturated carbocycles. The van der Waals surface area contributed by atoms with E-state index in [0.717, 1.165) is 11.1 Å². The number of Topliss-reactive ketones (excluding diaryl/α,β-unsaturated/α-hetero) is 1. The molecule has 0 saturated heterocycles. The fourth-order valence-corrected chi connectivity index (χ4v) is 3.33. The van der Waals surface area contributed by atoms with Crippen molar-refractivity contribution in [2.45, 2.75) is 12.5 Å². The van der Waals surface area contributed by atoms with Crippen LogP contribution in [-0.4, -0.2) is 23.3 Å². The highest BCUT2D eigenvalue weighted by Gasteiger charge is 2.26. The van der Waals surface area contributed by atoms with E-state index in [-0.39, 0.29) is 30.1 Å². The summed E-state index contributed by atoms with van der Waals surface area (Å²) in [5.74, 6) is -0.0335. The molecule has 7 nitrogen and oxygen atoms in total. The summed E-state index contributed by atoms with van der Waals surface area (Å²) in [4.78, 5) is 27.6. The quantitative estimate of drug-likeness (QED) is 0.704. The van der Waals surface area contributed by atoms with Gasteiger partial charge in [0.1, 0.15) is 23.5 Å². The van der Waals surface area contributed by atoms with Crippen molar-refractivity contribution in [3.63, 3.8) is 0 Å². The van der Waals surface area contributed by atoms with E-state index in [4.69, 9.17) is 15.2 Å². The Morgan fingerprint density at radius 3 is 2.47 bits per heavy atom. The number of carbonyl (C=O) groups is 2. The number of ketones is 1. The summed E-state index contributed by atoms with van der Waals surface area (Å²) in [6.45, 7) is 0.229. The van der Waals surface area contributed by atoms with E-state index in [9.17, 15) is 14.9 Å². The minimum Gasteiger partial charge on any atom is -0.491 e. The first-order valence-electron chi connectivity index (χ1n) is 9.28. The molecule has 30 heavy (non-hydrogen) atoms. The average Bonchev–Trinajstić information content (AvgIpc) is 2.78. The molecule has 0 radical (unpaired) electrons. The zero-order chi connectivity index (χ0) is 21.1. The molecule has 0 spiro atoms. The van der Waals surface area contributed by atoms with Gasteiger partial charge >= 0.3 is 0 Å². The number of primary amides is 1. The van der Waals surface area contributed by atoms with Gasteiger partial charge in [-0.25, -0.2) is 0 Å². The van der Waals surface area contributed by atoms with Crippen molar-refractivity contribution >= 4 is 11.7 Å². The van der Waals surface area contributed by atoms with Crippen LogP contribution in [0.1, 0.15) is 49.9 Å². The Balaban J connectivity index is 1.77. The highest BCUT2D eigenvalue weighted by Crippen LogP contribution is 2.38. The molecule has 0 aliphatic carbocycles. The van der Waals surface area contributed by atoms with Crippen LogP contribution >= 0.6 is 0 Å². The van der Waals surface area contributed by atoms with Gasteiger partial charge in [-0.3, -0.25) is 14.6 Å². The standard InChI is InChI=1S/C23H17N3O4/c24-13-18-20(6-5-17-19(27)9-12-29-22(17)18)30-21(15-7-10-26-11-8-15)14-1-3-16(4-2-14)23(25)28/h1-8,10-11,21H,9,12H2,(H2,25,28)/t21-/m0/s1. The molecule has 4 rings (SSSR count). The molecule has 2 N–H and O–H groups in total. The van der Waals surface area contributed by atoms with Crippen LogP contribution in [0.15, 0.2) is 60.9 Å². The Morgan fingerprint density at radius 1 is 1.10 bits per heavy atom. The molecule has 2 aromatic carbocycles. The van der Waals surface area contributed by atoms with Gasteiger partial charge in [-0.05, 0) is 47.5 Å². The second kappa shape index (κ2) is 8.05. The van der Waals surface area contributed by atoms with Crippen molar-refractivity contribution in [1.82, 2.24) is 4.98 Å². The molecule has 2 heterocycles. The van der Waals surface area contributed by atoms with E-state index >= 15 is 0 Å². The molecule has 0 fully saturated rings. The minimum atomic E-state index is -0.584. The van der Waals surface area contributed by atoms with E-state index < -0.39 is 12.0 Å². The normalized spacial score (nSPS) is 13.5. The Kier molecular flexibility index (Phi) is 5.14. The van der Waals surface area contributed by atoms with Gasteiger partial charge in [0, 0.05) is 24.4 Å². The number of ether oxygens (including phenoxy) is 2. The number of rotatable bonds is 5. The fourth-order valence-electron chi connectivity index (χ4n) is 3.33. The molecule has 148 valence electrons. The Labute approximate surface area is 172 Å². The number of carbonyl (C=O) groups excluding carboxylic acids is 2. The largest absolute Gasteiger partial charge is 0.491 e. The van der Waals surface area contributed by atoms with Gasteiger partial charge in [0.25, 0.3) is 0 Å². The van der Waals surface area contributed by atoms with Gasteiger partial charge in [0.2, 0.25) is 5.91 Å². The monoisotopic (exact) mass is 399 g/mol. The lowest BCUT2D eigenvalue weighted by molar-refractivity contribution is 0.0931. The number of pyridine rings is 1. The van der Waals surface area contributed by atoms with Gasteiger partial charge in [-0.15, -0.1) is 0 Å². The number of nitrogens with two attached hydrogens (primary N) is 1. The molecule has 0 unspecified atom stereocenters. The van der Waals surface area contributed by atoms with Gasteiger partial charge < -0.3 is 15.2 Å². The third-order valence-electron chi connectivity index (χ3n) is 4.86. The van der Waals surface area contributed by atoms with Crippen molar-refractivity contribution in [2.24, 2.45) is 5.73 Å². The van der Waals surface area contributed by atoms with E-state index in [1.165, 1.54) is 0 Å². The topological polar surface area (TPSA) is 115 Å². The summed E-state index contributed by atoms with van der Waals surface area (Å²) in [7, 11) is 0. The zero-order valence-corrected chi connectivity index (χ0v) is 15.9. The van der Waals surface area contributed by atoms with E-state index in [1.807, 2.05) is 0 Å². The lowest BCUT2D eigenvalue weighted by atomic mass is 9.99. The smallest absolute Gasteiger partial charge is 0.248 e. The molecule has 1 aromatic heterocycles. The molecular weight excluding hydrogens is 382 g/mol. The number of hydrogen-bond acceptors (Lipinski definition) is 6. The Bertz CT molecular complexity index is 1150. The summed E-state index contributed by atoms with van der Waals surface area (Å²) >= 11 is 0. The summed E-state index contributed by atoms with van der Waals surface area (Å²) < 4.78 is 11.9. The number of aromatic nitrogens is 1. The van der Waals surface area contributed by atoms with Crippen LogP contribution < -0.4 is 15.2 Å². The third kappa shape index (κ3) is 3.59. The Hall–Kier alpha value is -4.18. The minimum absolute atomic E-state index is 0.0629. The molecule has 1 atom stereocenters. The van der Waals surface area contributed by atoms with Gasteiger partial charge in [-0.1, -0.05) is 12.1 Å². The number of hydrogen-bond donors (Lipinski definition) is 1. The molecule has 1 aliphatic heterocycles. The van der Waals surface area contributed by atoms with Crippen LogP contribution in [0.2, 0.25) is 0 Å². The average molecular weight is 399 g/mol. The van der Waals surface area contributed by atoms with Crippen LogP contribution in [-0.2, 0) is 0 Å². The van der Waals surface area contributed by atoms with Crippen molar-refractivity contribution < 1.29 is 19.1 Å².